The molecule has 3 heterocycles. The average molecular weight is 452 g/mol. The van der Waals surface area contributed by atoms with E-state index < -0.39 is 34.4 Å². The zero-order chi connectivity index (χ0) is 22.9. The van der Waals surface area contributed by atoms with E-state index in [4.69, 9.17) is 0 Å². The number of imidazole rings is 1. The maximum Gasteiger partial charge on any atom is 0.433 e. The summed E-state index contributed by atoms with van der Waals surface area (Å²) in [5.74, 6) is 0.499. The molecule has 9 nitrogen and oxygen atoms in total. The van der Waals surface area contributed by atoms with Crippen molar-refractivity contribution in [2.75, 3.05) is 18.1 Å². The number of aryl methyl sites for hydroxylation is 1. The Bertz CT molecular complexity index is 1250. The van der Waals surface area contributed by atoms with E-state index in [1.807, 2.05) is 0 Å². The Kier molecular flexibility index (Phi) is 5.94. The Morgan fingerprint density at radius 3 is 2.58 bits per heavy atom. The van der Waals surface area contributed by atoms with Gasteiger partial charge in [-0.15, -0.1) is 4.21 Å². The highest BCUT2D eigenvalue weighted by Gasteiger charge is 2.35. The molecule has 3 aromatic rings. The first-order valence-corrected chi connectivity index (χ1v) is 10.3. The van der Waals surface area contributed by atoms with Gasteiger partial charge in [0.05, 0.1) is 5.52 Å². The van der Waals surface area contributed by atoms with Gasteiger partial charge in [-0.05, 0) is 25.1 Å². The van der Waals surface area contributed by atoms with Crippen LogP contribution in [0.2, 0.25) is 0 Å². The van der Waals surface area contributed by atoms with E-state index in [1.54, 1.807) is 13.0 Å². The third-order valence-corrected chi connectivity index (χ3v) is 5.83. The summed E-state index contributed by atoms with van der Waals surface area (Å²) < 4.78 is 53.5. The van der Waals surface area contributed by atoms with E-state index in [9.17, 15) is 27.4 Å². The minimum Gasteiger partial charge on any atom is -0.341 e. The largest absolute Gasteiger partial charge is 0.433 e. The van der Waals surface area contributed by atoms with Crippen molar-refractivity contribution < 1.29 is 22.2 Å². The number of urea groups is 1. The first kappa shape index (κ1) is 22.2. The van der Waals surface area contributed by atoms with E-state index in [1.165, 1.54) is 30.8 Å². The molecule has 0 bridgehead atoms. The van der Waals surface area contributed by atoms with E-state index in [2.05, 4.69) is 25.6 Å². The third kappa shape index (κ3) is 4.19. The number of fused-ring (bicyclic) bond motifs is 1. The minimum absolute atomic E-state index is 0.0784. The Hall–Kier alpha value is -3.53. The van der Waals surface area contributed by atoms with Crippen LogP contribution in [-0.4, -0.2) is 38.4 Å². The number of aromatic nitrogens is 4. The lowest BCUT2D eigenvalue weighted by Crippen LogP contribution is -2.25. The lowest BCUT2D eigenvalue weighted by Gasteiger charge is -2.09. The van der Waals surface area contributed by atoms with E-state index in [0.29, 0.717) is 10.6 Å². The highest BCUT2D eigenvalue weighted by Crippen LogP contribution is 2.33. The molecule has 1 unspecified atom stereocenters. The Balaban J connectivity index is 2.30. The maximum atomic E-state index is 13.2. The summed E-state index contributed by atoms with van der Waals surface area (Å²) in [6.45, 7) is 1.71. The van der Waals surface area contributed by atoms with E-state index in [0.717, 1.165) is 6.07 Å². The normalized spacial score (nSPS) is 12.4. The molecule has 2 N–H and O–H groups in total. The Morgan fingerprint density at radius 2 is 2.00 bits per heavy atom. The first-order valence-electron chi connectivity index (χ1n) is 8.90. The second-order valence-corrected chi connectivity index (χ2v) is 8.16. The van der Waals surface area contributed by atoms with Crippen LogP contribution in [0.4, 0.5) is 23.8 Å². The van der Waals surface area contributed by atoms with Crippen molar-refractivity contribution in [1.82, 2.24) is 24.8 Å². The van der Waals surface area contributed by atoms with Gasteiger partial charge in [-0.25, -0.2) is 19.7 Å². The average Bonchev–Trinajstić information content (AvgIpc) is 3.08. The molecular formula is C18H17F3N7O2S+. The fraction of sp³-hybridized carbons (Fsp3) is 0.278. The molecule has 0 aliphatic carbocycles. The quantitative estimate of drug-likeness (QED) is 0.463. The molecule has 1 atom stereocenters. The van der Waals surface area contributed by atoms with Gasteiger partial charge in [0.1, 0.15) is 39.7 Å². The number of halogens is 3. The van der Waals surface area contributed by atoms with Gasteiger partial charge in [0.2, 0.25) is 0 Å². The Labute approximate surface area is 176 Å². The molecule has 0 spiro atoms. The van der Waals surface area contributed by atoms with Crippen molar-refractivity contribution in [1.29, 1.82) is 5.26 Å². The number of amides is 2. The fourth-order valence-corrected chi connectivity index (χ4v) is 3.87. The molecule has 3 rings (SSSR count). The van der Waals surface area contributed by atoms with Crippen molar-refractivity contribution >= 4 is 33.7 Å². The van der Waals surface area contributed by atoms with Crippen LogP contribution in [0.15, 0.2) is 23.1 Å². The second kappa shape index (κ2) is 8.31. The van der Waals surface area contributed by atoms with Crippen LogP contribution < -0.4 is 10.6 Å². The van der Waals surface area contributed by atoms with Gasteiger partial charge in [-0.3, -0.25) is 5.32 Å². The van der Waals surface area contributed by atoms with Gasteiger partial charge in [0.25, 0.3) is 0 Å². The second-order valence-electron chi connectivity index (χ2n) is 6.29. The standard InChI is InChI=1S/C18H16F3N7O2S/c1-4-31(30)11-5-6-13(27-17(29)23-2)26-14(11)16-25-9-7-12(18(19,20)21)24-10(8-22)15(9)28(16)3/h5-7H,4H2,1-3H3,(H2,23,26,27,29)/p+1. The van der Waals surface area contributed by atoms with Crippen LogP contribution in [0.25, 0.3) is 22.6 Å². The lowest BCUT2D eigenvalue weighted by molar-refractivity contribution is -0.141. The summed E-state index contributed by atoms with van der Waals surface area (Å²) in [4.78, 5) is 23.9. The van der Waals surface area contributed by atoms with Crippen LogP contribution in [0.5, 0.6) is 0 Å². The van der Waals surface area contributed by atoms with Crippen molar-refractivity contribution in [2.24, 2.45) is 7.05 Å². The third-order valence-electron chi connectivity index (χ3n) is 4.36. The van der Waals surface area contributed by atoms with Gasteiger partial charge in [0.15, 0.2) is 22.1 Å². The van der Waals surface area contributed by atoms with Gasteiger partial charge >= 0.3 is 12.2 Å². The molecule has 0 saturated carbocycles. The molecule has 31 heavy (non-hydrogen) atoms. The zero-order valence-electron chi connectivity index (χ0n) is 16.6. The van der Waals surface area contributed by atoms with Gasteiger partial charge in [-0.1, -0.05) is 0 Å². The number of nitrogens with zero attached hydrogens (tertiary/aromatic N) is 5. The molecule has 0 radical (unpaired) electrons. The smallest absolute Gasteiger partial charge is 0.341 e. The molecule has 0 aliphatic heterocycles. The Morgan fingerprint density at radius 1 is 1.29 bits per heavy atom. The van der Waals surface area contributed by atoms with Gasteiger partial charge < -0.3 is 9.88 Å². The summed E-state index contributed by atoms with van der Waals surface area (Å²) in [5, 5.41) is 14.2. The molecule has 162 valence electrons. The highest BCUT2D eigenvalue weighted by atomic mass is 32.2. The number of alkyl halides is 3. The number of carbonyl (C=O) groups is 1. The van der Waals surface area contributed by atoms with Crippen molar-refractivity contribution in [3.05, 3.63) is 29.6 Å². The van der Waals surface area contributed by atoms with Crippen LogP contribution in [0.1, 0.15) is 18.3 Å². The molecule has 0 fully saturated rings. The molecule has 3 aromatic heterocycles. The number of nitriles is 1. The van der Waals surface area contributed by atoms with Gasteiger partial charge in [0, 0.05) is 14.1 Å². The summed E-state index contributed by atoms with van der Waals surface area (Å²) in [5.41, 5.74) is -1.61. The van der Waals surface area contributed by atoms with E-state index in [-0.39, 0.29) is 28.4 Å². The van der Waals surface area contributed by atoms with E-state index >= 15 is 0 Å². The number of pyridine rings is 2. The zero-order valence-corrected chi connectivity index (χ0v) is 17.5. The first-order chi connectivity index (χ1) is 14.6. The summed E-state index contributed by atoms with van der Waals surface area (Å²) >= 11 is 0. The fourth-order valence-electron chi connectivity index (χ4n) is 2.91. The number of rotatable bonds is 4. The number of carbonyl (C=O) groups excluding carboxylic acids is 1. The monoisotopic (exact) mass is 452 g/mol. The molecule has 2 amide bonds. The summed E-state index contributed by atoms with van der Waals surface area (Å²) in [7, 11) is 1.02. The number of anilines is 1. The summed E-state index contributed by atoms with van der Waals surface area (Å²) in [6.07, 6.45) is -4.76. The molecule has 13 heteroatoms. The molecule has 0 aromatic carbocycles. The van der Waals surface area contributed by atoms with Crippen molar-refractivity contribution in [3.8, 4) is 17.6 Å². The minimum atomic E-state index is -4.76. The number of hydrogen-bond donors (Lipinski definition) is 2. The molecule has 0 aliphatic rings. The van der Waals surface area contributed by atoms with Crippen molar-refractivity contribution in [3.63, 3.8) is 0 Å². The van der Waals surface area contributed by atoms with Crippen LogP contribution in [0.3, 0.4) is 0 Å². The number of thiol groups is 1. The van der Waals surface area contributed by atoms with Crippen molar-refractivity contribution in [2.45, 2.75) is 18.0 Å². The van der Waals surface area contributed by atoms with Crippen LogP contribution in [0, 0.1) is 11.3 Å². The number of nitrogens with one attached hydrogen (secondary N) is 2. The predicted octanol–water partition coefficient (Wildman–Crippen LogP) is 2.75. The molecular weight excluding hydrogens is 435 g/mol. The number of hydrogen-bond acceptors (Lipinski definition) is 6. The SMILES string of the molecule is CC[SH+](=O)c1ccc(NC(=O)NC)nc1-c1nc2cc(C(F)(F)F)nc(C#N)c2n1C. The summed E-state index contributed by atoms with van der Waals surface area (Å²) in [6, 6.07) is 4.84. The lowest BCUT2D eigenvalue weighted by atomic mass is 10.2. The van der Waals surface area contributed by atoms with Crippen LogP contribution >= 0.6 is 0 Å². The van der Waals surface area contributed by atoms with Gasteiger partial charge in [-0.2, -0.15) is 18.4 Å². The highest BCUT2D eigenvalue weighted by molar-refractivity contribution is 7.85. The molecule has 0 saturated heterocycles. The van der Waals surface area contributed by atoms with Crippen LogP contribution in [-0.2, 0) is 28.2 Å². The maximum absolute atomic E-state index is 13.2. The predicted molar refractivity (Wildman–Crippen MR) is 108 cm³/mol. The topological polar surface area (TPSA) is 126 Å².